The van der Waals surface area contributed by atoms with E-state index < -0.39 is 25.1 Å². The van der Waals surface area contributed by atoms with Crippen LogP contribution in [0.1, 0.15) is 16.8 Å². The average molecular weight is 449 g/mol. The lowest BCUT2D eigenvalue weighted by Gasteiger charge is -2.35. The molecule has 0 bridgehead atoms. The number of amides is 1. The van der Waals surface area contributed by atoms with Crippen LogP contribution in [-0.2, 0) is 19.9 Å². The van der Waals surface area contributed by atoms with E-state index in [0.29, 0.717) is 5.56 Å². The number of sulfonamides is 1. The summed E-state index contributed by atoms with van der Waals surface area (Å²) in [7, 11) is -6.96. The summed E-state index contributed by atoms with van der Waals surface area (Å²) >= 11 is 0. The predicted molar refractivity (Wildman–Crippen MR) is 115 cm³/mol. The number of sulfone groups is 1. The van der Waals surface area contributed by atoms with E-state index >= 15 is 0 Å². The number of carbonyl (C=O) groups excluding carboxylic acids is 1. The number of hydrogen-bond acceptors (Lipinski definition) is 5. The number of piperazine rings is 1. The van der Waals surface area contributed by atoms with Gasteiger partial charge in [0.1, 0.15) is 0 Å². The van der Waals surface area contributed by atoms with Crippen LogP contribution in [0.3, 0.4) is 0 Å². The second kappa shape index (κ2) is 8.13. The van der Waals surface area contributed by atoms with Crippen LogP contribution in [0, 0.1) is 0 Å². The number of hydrogen-bond donors (Lipinski definition) is 0. The first-order valence-corrected chi connectivity index (χ1v) is 13.2. The minimum absolute atomic E-state index is 0.0778. The Hall–Kier alpha value is -2.23. The van der Waals surface area contributed by atoms with Crippen LogP contribution < -0.4 is 0 Å². The quantitative estimate of drug-likeness (QED) is 0.709. The molecule has 0 radical (unpaired) electrons. The van der Waals surface area contributed by atoms with Crippen LogP contribution in [0.4, 0.5) is 0 Å². The molecule has 4 rings (SSSR count). The maximum absolute atomic E-state index is 13.2. The Morgan fingerprint density at radius 3 is 2.17 bits per heavy atom. The van der Waals surface area contributed by atoms with Gasteiger partial charge in [0.2, 0.25) is 10.0 Å². The van der Waals surface area contributed by atoms with Crippen molar-refractivity contribution < 1.29 is 21.6 Å². The fourth-order valence-corrected chi connectivity index (χ4v) is 8.57. The molecule has 2 aliphatic rings. The first kappa shape index (κ1) is 21.0. The normalized spacial score (nSPS) is 22.1. The van der Waals surface area contributed by atoms with Crippen molar-refractivity contribution in [3.8, 4) is 11.1 Å². The fraction of sp³-hybridized carbons (Fsp3) is 0.381. The molecule has 0 aromatic heterocycles. The van der Waals surface area contributed by atoms with Gasteiger partial charge >= 0.3 is 0 Å². The molecule has 2 aromatic carbocycles. The molecule has 0 unspecified atom stereocenters. The van der Waals surface area contributed by atoms with E-state index in [9.17, 15) is 21.6 Å². The molecule has 7 nitrogen and oxygen atoms in total. The van der Waals surface area contributed by atoms with Crippen LogP contribution in [0.25, 0.3) is 11.1 Å². The van der Waals surface area contributed by atoms with Gasteiger partial charge in [0.15, 0.2) is 9.84 Å². The van der Waals surface area contributed by atoms with Crippen molar-refractivity contribution in [2.45, 2.75) is 11.7 Å². The molecular formula is C21H24N2O5S2. The van der Waals surface area contributed by atoms with Gasteiger partial charge in [-0.1, -0.05) is 48.5 Å². The van der Waals surface area contributed by atoms with Crippen molar-refractivity contribution in [2.75, 3.05) is 37.7 Å². The molecule has 2 fully saturated rings. The molecule has 9 heteroatoms. The fourth-order valence-electron chi connectivity index (χ4n) is 4.06. The summed E-state index contributed by atoms with van der Waals surface area (Å²) in [6, 6.07) is 17.1. The molecular weight excluding hydrogens is 424 g/mol. The van der Waals surface area contributed by atoms with E-state index in [4.69, 9.17) is 0 Å². The smallest absolute Gasteiger partial charge is 0.254 e. The summed E-state index contributed by atoms with van der Waals surface area (Å²) in [6.45, 7) is 0.914. The Kier molecular flexibility index (Phi) is 5.69. The zero-order chi connectivity index (χ0) is 21.4. The van der Waals surface area contributed by atoms with Gasteiger partial charge in [0.25, 0.3) is 5.91 Å². The molecule has 2 saturated heterocycles. The minimum Gasteiger partial charge on any atom is -0.336 e. The Bertz CT molecular complexity index is 1140. The Balaban J connectivity index is 1.47. The standard InChI is InChI=1S/C21H24N2O5S2/c24-21(20-9-5-4-8-19(20)17-6-2-1-3-7-17)22-11-13-23(14-12-22)30(27,28)18-10-15-29(25,26)16-18/h1-9,18H,10-16H2/t18-/m0/s1. The van der Waals surface area contributed by atoms with Crippen molar-refractivity contribution in [1.82, 2.24) is 9.21 Å². The van der Waals surface area contributed by atoms with Crippen LogP contribution in [0.2, 0.25) is 0 Å². The number of carbonyl (C=O) groups is 1. The van der Waals surface area contributed by atoms with Gasteiger partial charge in [-0.2, -0.15) is 4.31 Å². The number of nitrogens with zero attached hydrogens (tertiary/aromatic N) is 2. The van der Waals surface area contributed by atoms with Crippen LogP contribution in [-0.4, -0.2) is 74.9 Å². The van der Waals surface area contributed by atoms with E-state index in [1.165, 1.54) is 4.31 Å². The summed E-state index contributed by atoms with van der Waals surface area (Å²) in [5, 5.41) is -0.872. The third-order valence-corrected chi connectivity index (χ3v) is 10.0. The second-order valence-corrected chi connectivity index (χ2v) is 12.1. The lowest BCUT2D eigenvalue weighted by Crippen LogP contribution is -2.52. The van der Waals surface area contributed by atoms with E-state index in [0.717, 1.165) is 11.1 Å². The third-order valence-electron chi connectivity index (χ3n) is 5.74. The minimum atomic E-state index is -3.68. The largest absolute Gasteiger partial charge is 0.336 e. The summed E-state index contributed by atoms with van der Waals surface area (Å²) in [5.41, 5.74) is 2.38. The van der Waals surface area contributed by atoms with Gasteiger partial charge in [-0.15, -0.1) is 0 Å². The van der Waals surface area contributed by atoms with Crippen LogP contribution >= 0.6 is 0 Å². The highest BCUT2D eigenvalue weighted by atomic mass is 32.2. The summed E-state index contributed by atoms with van der Waals surface area (Å²) in [4.78, 5) is 14.8. The summed E-state index contributed by atoms with van der Waals surface area (Å²) < 4.78 is 50.3. The summed E-state index contributed by atoms with van der Waals surface area (Å²) in [6.07, 6.45) is 0.147. The highest BCUT2D eigenvalue weighted by molar-refractivity contribution is 7.95. The second-order valence-electron chi connectivity index (χ2n) is 7.67. The van der Waals surface area contributed by atoms with E-state index in [1.54, 1.807) is 11.0 Å². The molecule has 0 saturated carbocycles. The van der Waals surface area contributed by atoms with Crippen molar-refractivity contribution in [3.63, 3.8) is 0 Å². The lowest BCUT2D eigenvalue weighted by atomic mass is 9.99. The number of rotatable bonds is 4. The van der Waals surface area contributed by atoms with Crippen LogP contribution in [0.5, 0.6) is 0 Å². The molecule has 160 valence electrons. The predicted octanol–water partition coefficient (Wildman–Crippen LogP) is 1.63. The Labute approximate surface area is 177 Å². The van der Waals surface area contributed by atoms with E-state index in [2.05, 4.69) is 0 Å². The topological polar surface area (TPSA) is 91.8 Å². The SMILES string of the molecule is O=C(c1ccccc1-c1ccccc1)N1CCN(S(=O)(=O)[C@H]2CCS(=O)(=O)C2)CC1. The van der Waals surface area contributed by atoms with Gasteiger partial charge in [-0.25, -0.2) is 16.8 Å². The zero-order valence-electron chi connectivity index (χ0n) is 16.5. The van der Waals surface area contributed by atoms with Crippen molar-refractivity contribution >= 4 is 25.8 Å². The highest BCUT2D eigenvalue weighted by Gasteiger charge is 2.41. The average Bonchev–Trinajstić information content (AvgIpc) is 3.14. The van der Waals surface area contributed by atoms with Gasteiger partial charge in [-0.3, -0.25) is 4.79 Å². The monoisotopic (exact) mass is 448 g/mol. The van der Waals surface area contributed by atoms with Crippen molar-refractivity contribution in [3.05, 3.63) is 60.2 Å². The van der Waals surface area contributed by atoms with E-state index in [-0.39, 0.29) is 50.0 Å². The summed E-state index contributed by atoms with van der Waals surface area (Å²) in [5.74, 6) is -0.514. The third kappa shape index (κ3) is 4.14. The molecule has 0 aliphatic carbocycles. The molecule has 0 spiro atoms. The molecule has 2 heterocycles. The first-order chi connectivity index (χ1) is 14.3. The molecule has 2 aromatic rings. The van der Waals surface area contributed by atoms with Crippen LogP contribution in [0.15, 0.2) is 54.6 Å². The van der Waals surface area contributed by atoms with E-state index in [1.807, 2.05) is 48.5 Å². The van der Waals surface area contributed by atoms with Crippen molar-refractivity contribution in [1.29, 1.82) is 0 Å². The number of benzene rings is 2. The Morgan fingerprint density at radius 1 is 0.900 bits per heavy atom. The van der Waals surface area contributed by atoms with Gasteiger partial charge in [-0.05, 0) is 23.6 Å². The maximum atomic E-state index is 13.2. The highest BCUT2D eigenvalue weighted by Crippen LogP contribution is 2.26. The van der Waals surface area contributed by atoms with Crippen molar-refractivity contribution in [2.24, 2.45) is 0 Å². The first-order valence-electron chi connectivity index (χ1n) is 9.91. The molecule has 1 amide bonds. The van der Waals surface area contributed by atoms with Gasteiger partial charge in [0, 0.05) is 31.7 Å². The molecule has 30 heavy (non-hydrogen) atoms. The van der Waals surface area contributed by atoms with Gasteiger partial charge < -0.3 is 4.90 Å². The zero-order valence-corrected chi connectivity index (χ0v) is 18.1. The molecule has 1 atom stereocenters. The molecule has 2 aliphatic heterocycles. The Morgan fingerprint density at radius 2 is 1.53 bits per heavy atom. The van der Waals surface area contributed by atoms with Gasteiger partial charge in [0.05, 0.1) is 16.8 Å². The molecule has 0 N–H and O–H groups in total. The lowest BCUT2D eigenvalue weighted by molar-refractivity contribution is 0.0698. The maximum Gasteiger partial charge on any atom is 0.254 e.